The number of carbonyl (C=O) groups excluding carboxylic acids is 4. The topological polar surface area (TPSA) is 102 Å². The van der Waals surface area contributed by atoms with Crippen molar-refractivity contribution in [2.45, 2.75) is 51.9 Å². The number of morpholine rings is 1. The fourth-order valence-corrected chi connectivity index (χ4v) is 3.67. The van der Waals surface area contributed by atoms with E-state index in [9.17, 15) is 19.2 Å². The summed E-state index contributed by atoms with van der Waals surface area (Å²) in [5, 5.41) is 0. The molecular formula is C22H28N2O7. The van der Waals surface area contributed by atoms with E-state index in [-0.39, 0.29) is 19.1 Å². The van der Waals surface area contributed by atoms with E-state index in [2.05, 4.69) is 0 Å². The SMILES string of the molecule is CC(=O)OC(C(=O)OC(C)(C)C)C1OCCN(C2=CC=C3CN(C)C(=O)C3=CC2)C1=O. The van der Waals surface area contributed by atoms with Crippen molar-refractivity contribution in [2.24, 2.45) is 0 Å². The average Bonchev–Trinajstić information content (AvgIpc) is 2.81. The number of hydrogen-bond donors (Lipinski definition) is 0. The van der Waals surface area contributed by atoms with Crippen LogP contribution in [0.4, 0.5) is 0 Å². The van der Waals surface area contributed by atoms with Crippen LogP contribution in [-0.2, 0) is 33.4 Å². The molecule has 0 aromatic heterocycles. The van der Waals surface area contributed by atoms with Gasteiger partial charge in [0.15, 0.2) is 6.10 Å². The van der Waals surface area contributed by atoms with E-state index < -0.39 is 35.7 Å². The number of fused-ring (bicyclic) bond motifs is 1. The maximum Gasteiger partial charge on any atom is 0.351 e. The van der Waals surface area contributed by atoms with Crippen LogP contribution in [0.15, 0.2) is 35.1 Å². The molecule has 2 atom stereocenters. The molecule has 0 aromatic carbocycles. The molecule has 0 spiro atoms. The van der Waals surface area contributed by atoms with E-state index in [0.717, 1.165) is 12.5 Å². The summed E-state index contributed by atoms with van der Waals surface area (Å²) in [5.74, 6) is -2.11. The Labute approximate surface area is 181 Å². The summed E-state index contributed by atoms with van der Waals surface area (Å²) in [6.07, 6.45) is 3.00. The van der Waals surface area contributed by atoms with Crippen LogP contribution in [0.2, 0.25) is 0 Å². The fourth-order valence-electron chi connectivity index (χ4n) is 3.67. The highest BCUT2D eigenvalue weighted by molar-refractivity contribution is 6.01. The Hall–Kier alpha value is -2.94. The molecule has 2 amide bonds. The van der Waals surface area contributed by atoms with Gasteiger partial charge in [0.05, 0.1) is 6.61 Å². The zero-order valence-electron chi connectivity index (χ0n) is 18.5. The molecule has 2 unspecified atom stereocenters. The Morgan fingerprint density at radius 1 is 1.23 bits per heavy atom. The summed E-state index contributed by atoms with van der Waals surface area (Å²) >= 11 is 0. The number of ether oxygens (including phenoxy) is 3. The molecule has 3 rings (SSSR count). The van der Waals surface area contributed by atoms with Gasteiger partial charge in [0.25, 0.3) is 11.8 Å². The minimum absolute atomic E-state index is 0.0491. The Morgan fingerprint density at radius 2 is 1.94 bits per heavy atom. The molecule has 168 valence electrons. The summed E-state index contributed by atoms with van der Waals surface area (Å²) in [6.45, 7) is 7.14. The van der Waals surface area contributed by atoms with E-state index in [1.54, 1.807) is 38.8 Å². The molecular weight excluding hydrogens is 404 g/mol. The van der Waals surface area contributed by atoms with Crippen molar-refractivity contribution in [3.8, 4) is 0 Å². The molecule has 2 heterocycles. The Bertz CT molecular complexity index is 894. The quantitative estimate of drug-likeness (QED) is 0.613. The van der Waals surface area contributed by atoms with Crippen LogP contribution >= 0.6 is 0 Å². The highest BCUT2D eigenvalue weighted by Crippen LogP contribution is 2.29. The minimum atomic E-state index is -1.51. The van der Waals surface area contributed by atoms with E-state index in [1.807, 2.05) is 12.2 Å². The van der Waals surface area contributed by atoms with Crippen LogP contribution in [0.1, 0.15) is 34.1 Å². The first kappa shape index (κ1) is 22.7. The van der Waals surface area contributed by atoms with E-state index in [4.69, 9.17) is 14.2 Å². The number of likely N-dealkylation sites (N-methyl/N-ethyl adjacent to an activating group) is 1. The number of carbonyl (C=O) groups is 4. The van der Waals surface area contributed by atoms with Gasteiger partial charge in [-0.25, -0.2) is 4.79 Å². The zero-order chi connectivity index (χ0) is 22.9. The molecule has 0 radical (unpaired) electrons. The summed E-state index contributed by atoms with van der Waals surface area (Å²) in [4.78, 5) is 52.9. The second-order valence-electron chi connectivity index (χ2n) is 8.68. The second-order valence-corrected chi connectivity index (χ2v) is 8.68. The highest BCUT2D eigenvalue weighted by Gasteiger charge is 2.44. The first-order valence-corrected chi connectivity index (χ1v) is 10.2. The zero-order valence-corrected chi connectivity index (χ0v) is 18.5. The smallest absolute Gasteiger partial charge is 0.351 e. The number of esters is 2. The van der Waals surface area contributed by atoms with Gasteiger partial charge < -0.3 is 24.0 Å². The lowest BCUT2D eigenvalue weighted by Crippen LogP contribution is -2.55. The number of rotatable bonds is 4. The molecule has 2 aliphatic heterocycles. The predicted molar refractivity (Wildman–Crippen MR) is 109 cm³/mol. The van der Waals surface area contributed by atoms with Gasteiger partial charge in [0, 0.05) is 44.8 Å². The van der Waals surface area contributed by atoms with Crippen molar-refractivity contribution < 1.29 is 33.4 Å². The van der Waals surface area contributed by atoms with Gasteiger partial charge in [-0.2, -0.15) is 0 Å². The molecule has 9 heteroatoms. The van der Waals surface area contributed by atoms with Gasteiger partial charge in [0.1, 0.15) is 5.60 Å². The maximum atomic E-state index is 13.2. The lowest BCUT2D eigenvalue weighted by molar-refractivity contribution is -0.192. The van der Waals surface area contributed by atoms with Crippen LogP contribution in [0.5, 0.6) is 0 Å². The van der Waals surface area contributed by atoms with Crippen LogP contribution in [0.25, 0.3) is 0 Å². The predicted octanol–water partition coefficient (Wildman–Crippen LogP) is 1.10. The number of nitrogens with zero attached hydrogens (tertiary/aromatic N) is 2. The van der Waals surface area contributed by atoms with Gasteiger partial charge in [-0.15, -0.1) is 0 Å². The largest absolute Gasteiger partial charge is 0.457 e. The van der Waals surface area contributed by atoms with E-state index >= 15 is 0 Å². The van der Waals surface area contributed by atoms with E-state index in [1.165, 1.54) is 4.90 Å². The van der Waals surface area contributed by atoms with Gasteiger partial charge in [-0.3, -0.25) is 14.4 Å². The normalized spacial score (nSPS) is 22.7. The van der Waals surface area contributed by atoms with E-state index in [0.29, 0.717) is 24.2 Å². The maximum absolute atomic E-state index is 13.2. The van der Waals surface area contributed by atoms with Crippen LogP contribution in [-0.4, -0.2) is 78.1 Å². The van der Waals surface area contributed by atoms with Gasteiger partial charge >= 0.3 is 11.9 Å². The molecule has 31 heavy (non-hydrogen) atoms. The highest BCUT2D eigenvalue weighted by atomic mass is 16.6. The molecule has 2 fully saturated rings. The van der Waals surface area contributed by atoms with Crippen LogP contribution in [0, 0.1) is 0 Å². The summed E-state index contributed by atoms with van der Waals surface area (Å²) in [5.41, 5.74) is 1.38. The molecule has 1 aliphatic carbocycles. The molecule has 3 aliphatic rings. The third-order valence-corrected chi connectivity index (χ3v) is 5.00. The van der Waals surface area contributed by atoms with Gasteiger partial charge in [-0.1, -0.05) is 12.2 Å². The average molecular weight is 432 g/mol. The Morgan fingerprint density at radius 3 is 2.58 bits per heavy atom. The van der Waals surface area contributed by atoms with Crippen molar-refractivity contribution in [1.29, 1.82) is 0 Å². The third-order valence-electron chi connectivity index (χ3n) is 5.00. The van der Waals surface area contributed by atoms with Crippen molar-refractivity contribution >= 4 is 23.8 Å². The monoisotopic (exact) mass is 432 g/mol. The van der Waals surface area contributed by atoms with Gasteiger partial charge in [0.2, 0.25) is 6.10 Å². The summed E-state index contributed by atoms with van der Waals surface area (Å²) < 4.78 is 16.0. The molecule has 9 nitrogen and oxygen atoms in total. The van der Waals surface area contributed by atoms with Crippen molar-refractivity contribution in [2.75, 3.05) is 26.7 Å². The van der Waals surface area contributed by atoms with Crippen LogP contribution < -0.4 is 0 Å². The second kappa shape index (κ2) is 8.66. The molecule has 0 bridgehead atoms. The number of amides is 2. The number of allylic oxidation sites excluding steroid dienone is 3. The Kier molecular flexibility index (Phi) is 6.35. The summed E-state index contributed by atoms with van der Waals surface area (Å²) in [7, 11) is 1.74. The first-order valence-electron chi connectivity index (χ1n) is 10.2. The standard InChI is InChI=1S/C22H28N2O7/c1-13(25)30-18(21(28)31-22(2,3)4)17-20(27)24(10-11-29-17)15-7-6-14-12-23(5)19(26)16(14)9-8-15/h6-7,9,17-18H,8,10-12H2,1-5H3. The van der Waals surface area contributed by atoms with Crippen molar-refractivity contribution in [3.63, 3.8) is 0 Å². The van der Waals surface area contributed by atoms with Crippen LogP contribution in [0.3, 0.4) is 0 Å². The summed E-state index contributed by atoms with van der Waals surface area (Å²) in [6, 6.07) is 0. The number of hydrogen-bond acceptors (Lipinski definition) is 7. The third kappa shape index (κ3) is 5.04. The molecule has 0 saturated carbocycles. The minimum Gasteiger partial charge on any atom is -0.457 e. The molecule has 2 saturated heterocycles. The number of likely N-dealkylation sites (tertiary alicyclic amines) is 1. The fraction of sp³-hybridized carbons (Fsp3) is 0.545. The lowest BCUT2D eigenvalue weighted by Gasteiger charge is -2.36. The Balaban J connectivity index is 1.83. The molecule has 0 aromatic rings. The van der Waals surface area contributed by atoms with Crippen molar-refractivity contribution in [3.05, 3.63) is 35.1 Å². The van der Waals surface area contributed by atoms with Gasteiger partial charge in [-0.05, 0) is 32.4 Å². The van der Waals surface area contributed by atoms with Crippen molar-refractivity contribution in [1.82, 2.24) is 9.80 Å². The molecule has 0 N–H and O–H groups in total. The first-order chi connectivity index (χ1) is 14.5. The lowest BCUT2D eigenvalue weighted by atomic mass is 10.1.